The summed E-state index contributed by atoms with van der Waals surface area (Å²) in [5.41, 5.74) is 3.43. The third-order valence-electron chi connectivity index (χ3n) is 5.00. The van der Waals surface area contributed by atoms with Crippen molar-refractivity contribution in [3.8, 4) is 0 Å². The predicted octanol–water partition coefficient (Wildman–Crippen LogP) is 3.31. The summed E-state index contributed by atoms with van der Waals surface area (Å²) in [5, 5.41) is 10.5. The minimum Gasteiger partial charge on any atom is -0.392 e. The fourth-order valence-corrected chi connectivity index (χ4v) is 3.75. The van der Waals surface area contributed by atoms with E-state index in [1.54, 1.807) is 12.4 Å². The van der Waals surface area contributed by atoms with Crippen LogP contribution in [0.4, 0.5) is 0 Å². The van der Waals surface area contributed by atoms with Crippen LogP contribution in [0.1, 0.15) is 45.1 Å². The summed E-state index contributed by atoms with van der Waals surface area (Å²) < 4.78 is 0. The lowest BCUT2D eigenvalue weighted by atomic mass is 9.61. The summed E-state index contributed by atoms with van der Waals surface area (Å²) in [6, 6.07) is 3.81. The zero-order valence-corrected chi connectivity index (χ0v) is 12.6. The average molecular weight is 283 g/mol. The van der Waals surface area contributed by atoms with Crippen LogP contribution in [0, 0.1) is 5.41 Å². The molecule has 110 valence electrons. The van der Waals surface area contributed by atoms with Crippen LogP contribution < -0.4 is 0 Å². The van der Waals surface area contributed by atoms with E-state index in [1.807, 2.05) is 25.1 Å². The van der Waals surface area contributed by atoms with Crippen LogP contribution in [0.15, 0.2) is 41.2 Å². The molecule has 0 aliphatic heterocycles. The van der Waals surface area contributed by atoms with Gasteiger partial charge in [0.05, 0.1) is 6.10 Å². The van der Waals surface area contributed by atoms with Crippen LogP contribution in [0.2, 0.25) is 0 Å². The first-order chi connectivity index (χ1) is 10.0. The van der Waals surface area contributed by atoms with E-state index in [-0.39, 0.29) is 17.3 Å². The Morgan fingerprint density at radius 3 is 3.00 bits per heavy atom. The van der Waals surface area contributed by atoms with Crippen molar-refractivity contribution < 1.29 is 9.90 Å². The van der Waals surface area contributed by atoms with Crippen molar-refractivity contribution >= 4 is 11.9 Å². The van der Waals surface area contributed by atoms with Gasteiger partial charge in [-0.3, -0.25) is 9.78 Å². The second-order valence-corrected chi connectivity index (χ2v) is 6.39. The molecule has 0 aromatic carbocycles. The van der Waals surface area contributed by atoms with Crippen LogP contribution in [-0.2, 0) is 4.79 Å². The van der Waals surface area contributed by atoms with Crippen LogP contribution >= 0.6 is 0 Å². The second kappa shape index (κ2) is 5.23. The lowest BCUT2D eigenvalue weighted by molar-refractivity contribution is -0.113. The SMILES string of the molecule is CC1=C2CCC[C@H](O)[C@@]2(C)CC(=Cc2cccnc2)C1=O. The van der Waals surface area contributed by atoms with Gasteiger partial charge in [0.15, 0.2) is 5.78 Å². The average Bonchev–Trinajstić information content (AvgIpc) is 2.48. The maximum absolute atomic E-state index is 12.6. The molecule has 1 saturated carbocycles. The van der Waals surface area contributed by atoms with Crippen molar-refractivity contribution in [3.05, 3.63) is 46.8 Å². The molecular weight excluding hydrogens is 262 g/mol. The van der Waals surface area contributed by atoms with Crippen LogP contribution in [0.25, 0.3) is 6.08 Å². The molecule has 1 heterocycles. The number of allylic oxidation sites excluding steroid dienone is 2. The summed E-state index contributed by atoms with van der Waals surface area (Å²) in [4.78, 5) is 16.7. The van der Waals surface area contributed by atoms with Crippen LogP contribution in [0.5, 0.6) is 0 Å². The van der Waals surface area contributed by atoms with Crippen LogP contribution in [-0.4, -0.2) is 22.0 Å². The number of aliphatic hydroxyl groups excluding tert-OH is 1. The molecule has 3 rings (SSSR count). The monoisotopic (exact) mass is 283 g/mol. The second-order valence-electron chi connectivity index (χ2n) is 6.39. The Morgan fingerprint density at radius 2 is 2.29 bits per heavy atom. The molecular formula is C18H21NO2. The molecule has 3 heteroatoms. The number of nitrogens with zero attached hydrogens (tertiary/aromatic N) is 1. The van der Waals surface area contributed by atoms with Gasteiger partial charge in [0.25, 0.3) is 0 Å². The molecule has 1 N–H and O–H groups in total. The predicted molar refractivity (Wildman–Crippen MR) is 82.5 cm³/mol. The summed E-state index contributed by atoms with van der Waals surface area (Å²) >= 11 is 0. The van der Waals surface area contributed by atoms with E-state index < -0.39 is 0 Å². The zero-order valence-electron chi connectivity index (χ0n) is 12.6. The van der Waals surface area contributed by atoms with Crippen molar-refractivity contribution in [1.82, 2.24) is 4.98 Å². The van der Waals surface area contributed by atoms with E-state index >= 15 is 0 Å². The Kier molecular flexibility index (Phi) is 3.54. The van der Waals surface area contributed by atoms with Gasteiger partial charge in [0, 0.05) is 23.4 Å². The highest BCUT2D eigenvalue weighted by atomic mass is 16.3. The Hall–Kier alpha value is -1.74. The van der Waals surface area contributed by atoms with Gasteiger partial charge in [-0.05, 0) is 55.9 Å². The first kappa shape index (κ1) is 14.2. The minimum atomic E-state index is -0.360. The Bertz CT molecular complexity index is 630. The normalized spacial score (nSPS) is 31.5. The standard InChI is InChI=1S/C18H21NO2/c1-12-15-6-3-7-16(20)18(15,2)10-14(17(12)21)9-13-5-4-8-19-11-13/h4-5,8-9,11,16,20H,3,6-7,10H2,1-2H3/t16-,18-/m0/s1. The number of rotatable bonds is 1. The number of hydrogen-bond acceptors (Lipinski definition) is 3. The fraction of sp³-hybridized carbons (Fsp3) is 0.444. The van der Waals surface area contributed by atoms with Gasteiger partial charge in [0.2, 0.25) is 0 Å². The van der Waals surface area contributed by atoms with Gasteiger partial charge in [-0.25, -0.2) is 0 Å². The number of ketones is 1. The molecule has 0 saturated heterocycles. The van der Waals surface area contributed by atoms with Gasteiger partial charge < -0.3 is 5.11 Å². The summed E-state index contributed by atoms with van der Waals surface area (Å²) in [7, 11) is 0. The van der Waals surface area contributed by atoms with Crippen molar-refractivity contribution in [2.75, 3.05) is 0 Å². The number of aromatic nitrogens is 1. The summed E-state index contributed by atoms with van der Waals surface area (Å²) in [6.45, 7) is 4.00. The molecule has 2 aliphatic rings. The van der Waals surface area contributed by atoms with Gasteiger partial charge in [-0.15, -0.1) is 0 Å². The lowest BCUT2D eigenvalue weighted by Crippen LogP contribution is -2.42. The smallest absolute Gasteiger partial charge is 0.184 e. The number of aliphatic hydroxyl groups is 1. The molecule has 0 unspecified atom stereocenters. The van der Waals surface area contributed by atoms with Crippen LogP contribution in [0.3, 0.4) is 0 Å². The largest absolute Gasteiger partial charge is 0.392 e. The molecule has 21 heavy (non-hydrogen) atoms. The molecule has 0 bridgehead atoms. The van der Waals surface area contributed by atoms with Gasteiger partial charge in [0.1, 0.15) is 0 Å². The molecule has 2 atom stereocenters. The number of fused-ring (bicyclic) bond motifs is 1. The molecule has 1 aromatic heterocycles. The van der Waals surface area contributed by atoms with E-state index in [9.17, 15) is 9.90 Å². The molecule has 1 aromatic rings. The fourth-order valence-electron chi connectivity index (χ4n) is 3.75. The number of carbonyl (C=O) groups is 1. The minimum absolute atomic E-state index is 0.125. The molecule has 3 nitrogen and oxygen atoms in total. The zero-order chi connectivity index (χ0) is 15.0. The maximum atomic E-state index is 12.6. The molecule has 0 spiro atoms. The van der Waals surface area contributed by atoms with Gasteiger partial charge in [-0.1, -0.05) is 18.6 Å². The highest BCUT2D eigenvalue weighted by Crippen LogP contribution is 2.50. The quantitative estimate of drug-likeness (QED) is 0.804. The summed E-state index contributed by atoms with van der Waals surface area (Å²) in [6.07, 6.45) is 8.39. The number of pyridine rings is 1. The van der Waals surface area contributed by atoms with Crippen molar-refractivity contribution in [2.24, 2.45) is 5.41 Å². The van der Waals surface area contributed by atoms with Gasteiger partial charge in [-0.2, -0.15) is 0 Å². The lowest BCUT2D eigenvalue weighted by Gasteiger charge is -2.45. The van der Waals surface area contributed by atoms with E-state index in [4.69, 9.17) is 0 Å². The van der Waals surface area contributed by atoms with E-state index in [0.717, 1.165) is 41.5 Å². The van der Waals surface area contributed by atoms with Crippen molar-refractivity contribution in [3.63, 3.8) is 0 Å². The first-order valence-corrected chi connectivity index (χ1v) is 7.56. The molecule has 0 amide bonds. The number of Topliss-reactive ketones (excluding diaryl/α,β-unsaturated/α-hetero) is 1. The Balaban J connectivity index is 2.05. The topological polar surface area (TPSA) is 50.2 Å². The molecule has 2 aliphatic carbocycles. The van der Waals surface area contributed by atoms with Crippen molar-refractivity contribution in [1.29, 1.82) is 0 Å². The number of carbonyl (C=O) groups excluding carboxylic acids is 1. The maximum Gasteiger partial charge on any atom is 0.184 e. The Labute approximate surface area is 125 Å². The summed E-state index contributed by atoms with van der Waals surface area (Å²) in [5.74, 6) is 0.125. The number of hydrogen-bond donors (Lipinski definition) is 1. The van der Waals surface area contributed by atoms with E-state index in [2.05, 4.69) is 11.9 Å². The van der Waals surface area contributed by atoms with E-state index in [1.165, 1.54) is 0 Å². The highest BCUT2D eigenvalue weighted by molar-refractivity contribution is 6.12. The molecule has 1 fully saturated rings. The van der Waals surface area contributed by atoms with E-state index in [0.29, 0.717) is 6.42 Å². The Morgan fingerprint density at radius 1 is 1.48 bits per heavy atom. The third kappa shape index (κ3) is 2.36. The van der Waals surface area contributed by atoms with Crippen molar-refractivity contribution in [2.45, 2.75) is 45.6 Å². The van der Waals surface area contributed by atoms with Gasteiger partial charge >= 0.3 is 0 Å². The highest BCUT2D eigenvalue weighted by Gasteiger charge is 2.45. The molecule has 0 radical (unpaired) electrons. The first-order valence-electron chi connectivity index (χ1n) is 7.56. The third-order valence-corrected chi connectivity index (χ3v) is 5.00.